The van der Waals surface area contributed by atoms with Gasteiger partial charge >= 0.3 is 0 Å². The van der Waals surface area contributed by atoms with Crippen molar-refractivity contribution in [1.82, 2.24) is 9.80 Å². The number of anilines is 2. The van der Waals surface area contributed by atoms with Crippen molar-refractivity contribution < 1.29 is 24.2 Å². The highest BCUT2D eigenvalue weighted by molar-refractivity contribution is 9.09. The summed E-state index contributed by atoms with van der Waals surface area (Å²) in [5.74, 6) is -2.63. The summed E-state index contributed by atoms with van der Waals surface area (Å²) in [5.41, 5.74) is 1.42. The first-order chi connectivity index (χ1) is 23.6. The van der Waals surface area contributed by atoms with Crippen molar-refractivity contribution in [2.45, 2.75) is 75.7 Å². The highest BCUT2D eigenvalue weighted by Crippen LogP contribution is 2.61. The summed E-state index contributed by atoms with van der Waals surface area (Å²) in [6, 6.07) is 15.9. The fourth-order valence-corrected chi connectivity index (χ4v) is 9.18. The van der Waals surface area contributed by atoms with Crippen molar-refractivity contribution in [2.24, 2.45) is 17.8 Å². The largest absolute Gasteiger partial charge is 0.394 e. The minimum Gasteiger partial charge on any atom is -0.394 e. The van der Waals surface area contributed by atoms with Crippen LogP contribution in [-0.2, 0) is 25.7 Å². The van der Waals surface area contributed by atoms with Crippen LogP contribution in [0.3, 0.4) is 0 Å². The van der Waals surface area contributed by atoms with Crippen LogP contribution in [0.2, 0.25) is 0 Å². The Morgan fingerprint density at radius 3 is 2.22 bits per heavy atom. The van der Waals surface area contributed by atoms with E-state index in [0.29, 0.717) is 31.6 Å². The van der Waals surface area contributed by atoms with Gasteiger partial charge in [0.25, 0.3) is 5.91 Å². The minimum absolute atomic E-state index is 0.109. The molecule has 2 bridgehead atoms. The van der Waals surface area contributed by atoms with Gasteiger partial charge in [-0.15, -0.1) is 13.2 Å². The molecule has 0 radical (unpaired) electrons. The Bertz CT molecular complexity index is 1500. The zero-order valence-corrected chi connectivity index (χ0v) is 30.8. The molecule has 0 aromatic heterocycles. The molecule has 10 heteroatoms. The summed E-state index contributed by atoms with van der Waals surface area (Å²) in [4.78, 5) is 51.6. The molecule has 2 aromatic rings. The third kappa shape index (κ3) is 6.59. The Labute approximate surface area is 299 Å². The van der Waals surface area contributed by atoms with E-state index in [-0.39, 0.29) is 41.6 Å². The molecule has 0 saturated carbocycles. The van der Waals surface area contributed by atoms with Crippen molar-refractivity contribution in [1.29, 1.82) is 0 Å². The molecule has 49 heavy (non-hydrogen) atoms. The van der Waals surface area contributed by atoms with Gasteiger partial charge in [0.1, 0.15) is 11.6 Å². The van der Waals surface area contributed by atoms with Crippen LogP contribution in [0.4, 0.5) is 11.4 Å². The molecular weight excluding hydrogens is 684 g/mol. The van der Waals surface area contributed by atoms with E-state index in [0.717, 1.165) is 24.3 Å². The number of fused-ring (bicyclic) bond motifs is 1. The molecule has 5 rings (SSSR count). The number of aliphatic hydroxyl groups is 1. The predicted molar refractivity (Wildman–Crippen MR) is 197 cm³/mol. The number of nitrogens with zero attached hydrogens (tertiary/aromatic N) is 4. The van der Waals surface area contributed by atoms with Crippen molar-refractivity contribution in [2.75, 3.05) is 42.6 Å². The second-order valence-electron chi connectivity index (χ2n) is 13.5. The SMILES string of the molecule is C=CCN(Cc1ccccc1)C(=O)[C@H]1[C@@H]2OC3(CC2Br)C(C(=O)N(CC=C)c2ccc(N(CC)CC)cc2)N([C@@H](CO)[C@@H](C)CC)C(=O)[C@H]13. The number of carbonyl (C=O) groups excluding carboxylic acids is 3. The molecule has 3 aliphatic rings. The average molecular weight is 736 g/mol. The van der Waals surface area contributed by atoms with E-state index < -0.39 is 35.6 Å². The average Bonchev–Trinajstić information content (AvgIpc) is 3.71. The molecular formula is C39H51BrN4O5. The van der Waals surface area contributed by atoms with E-state index in [1.807, 2.05) is 68.4 Å². The fraction of sp³-hybridized carbons (Fsp3) is 0.513. The maximum atomic E-state index is 15.1. The molecule has 3 fully saturated rings. The van der Waals surface area contributed by atoms with Gasteiger partial charge in [-0.3, -0.25) is 14.4 Å². The van der Waals surface area contributed by atoms with Crippen LogP contribution in [0, 0.1) is 17.8 Å². The quantitative estimate of drug-likeness (QED) is 0.183. The Morgan fingerprint density at radius 2 is 1.65 bits per heavy atom. The number of likely N-dealkylation sites (tertiary alicyclic amines) is 1. The minimum atomic E-state index is -1.26. The molecule has 3 aliphatic heterocycles. The lowest BCUT2D eigenvalue weighted by Crippen LogP contribution is -2.60. The van der Waals surface area contributed by atoms with Crippen LogP contribution in [-0.4, -0.2) is 94.0 Å². The molecule has 3 saturated heterocycles. The van der Waals surface area contributed by atoms with Crippen LogP contribution in [0.1, 0.15) is 46.1 Å². The zero-order chi connectivity index (χ0) is 35.5. The Kier molecular flexibility index (Phi) is 11.7. The van der Waals surface area contributed by atoms with E-state index in [1.165, 1.54) is 0 Å². The van der Waals surface area contributed by atoms with Crippen molar-refractivity contribution >= 4 is 45.0 Å². The number of aliphatic hydroxyl groups excluding tert-OH is 1. The van der Waals surface area contributed by atoms with E-state index in [1.54, 1.807) is 26.9 Å². The molecule has 3 heterocycles. The second-order valence-corrected chi connectivity index (χ2v) is 14.6. The molecule has 0 aliphatic carbocycles. The Morgan fingerprint density at radius 1 is 1.02 bits per heavy atom. The molecule has 2 aromatic carbocycles. The van der Waals surface area contributed by atoms with Gasteiger partial charge in [0.2, 0.25) is 11.8 Å². The van der Waals surface area contributed by atoms with Gasteiger partial charge in [-0.25, -0.2) is 0 Å². The van der Waals surface area contributed by atoms with Gasteiger partial charge in [-0.2, -0.15) is 0 Å². The summed E-state index contributed by atoms with van der Waals surface area (Å²) in [6.45, 7) is 18.3. The molecule has 1 spiro atoms. The lowest BCUT2D eigenvalue weighted by atomic mass is 9.70. The number of benzene rings is 2. The van der Waals surface area contributed by atoms with E-state index >= 15 is 4.79 Å². The van der Waals surface area contributed by atoms with Gasteiger partial charge in [0, 0.05) is 48.9 Å². The highest BCUT2D eigenvalue weighted by Gasteiger charge is 2.77. The lowest BCUT2D eigenvalue weighted by molar-refractivity contribution is -0.148. The number of ether oxygens (including phenoxy) is 1. The number of amides is 3. The van der Waals surface area contributed by atoms with Crippen LogP contribution in [0.5, 0.6) is 0 Å². The summed E-state index contributed by atoms with van der Waals surface area (Å²) in [5, 5.41) is 10.8. The first kappa shape index (κ1) is 36.8. The number of halogens is 1. The fourth-order valence-electron chi connectivity index (χ4n) is 8.23. The highest BCUT2D eigenvalue weighted by atomic mass is 79.9. The van der Waals surface area contributed by atoms with Gasteiger partial charge in [-0.1, -0.05) is 78.7 Å². The van der Waals surface area contributed by atoms with Gasteiger partial charge in [-0.05, 0) is 56.0 Å². The Hall–Kier alpha value is -3.47. The zero-order valence-electron chi connectivity index (χ0n) is 29.2. The first-order valence-corrected chi connectivity index (χ1v) is 18.5. The van der Waals surface area contributed by atoms with Crippen LogP contribution in [0.15, 0.2) is 79.9 Å². The monoisotopic (exact) mass is 734 g/mol. The molecule has 1 N–H and O–H groups in total. The van der Waals surface area contributed by atoms with Crippen molar-refractivity contribution in [3.8, 4) is 0 Å². The third-order valence-corrected chi connectivity index (χ3v) is 11.7. The number of rotatable bonds is 16. The number of hydrogen-bond acceptors (Lipinski definition) is 6. The van der Waals surface area contributed by atoms with E-state index in [9.17, 15) is 14.7 Å². The molecule has 264 valence electrons. The summed E-state index contributed by atoms with van der Waals surface area (Å²) >= 11 is 3.81. The van der Waals surface area contributed by atoms with Crippen molar-refractivity contribution in [3.63, 3.8) is 0 Å². The lowest BCUT2D eigenvalue weighted by Gasteiger charge is -2.41. The number of carbonyl (C=O) groups is 3. The second kappa shape index (κ2) is 15.6. The molecule has 3 unspecified atom stereocenters. The van der Waals surface area contributed by atoms with Gasteiger partial charge in [0.05, 0.1) is 30.6 Å². The summed E-state index contributed by atoms with van der Waals surface area (Å²) < 4.78 is 6.85. The van der Waals surface area contributed by atoms with Crippen LogP contribution >= 0.6 is 15.9 Å². The molecule has 3 amide bonds. The van der Waals surface area contributed by atoms with Gasteiger partial charge in [0.15, 0.2) is 0 Å². The normalized spacial score (nSPS) is 26.6. The standard InChI is InChI=1S/C39H51BrN4O5/c1-7-21-42(24-27-15-13-12-14-16-27)36(46)32-33-37(47)44(31(25-45)26(6)9-3)35(39(33)23-30(40)34(32)49-39)38(48)43(22-8-2)29-19-17-28(18-20-29)41(10-4)11-5/h7-8,12-20,26,30-35,45H,1-2,9-11,21-25H2,3-6H3/t26-,30?,31-,32+,33-,34+,35?,39?/m0/s1. The number of hydrogen-bond donors (Lipinski definition) is 1. The summed E-state index contributed by atoms with van der Waals surface area (Å²) in [6.07, 6.45) is 3.84. The van der Waals surface area contributed by atoms with Crippen LogP contribution in [0.25, 0.3) is 0 Å². The molecule has 9 nitrogen and oxygen atoms in total. The van der Waals surface area contributed by atoms with Gasteiger partial charge < -0.3 is 29.4 Å². The van der Waals surface area contributed by atoms with Crippen molar-refractivity contribution in [3.05, 3.63) is 85.5 Å². The smallest absolute Gasteiger partial charge is 0.253 e. The number of alkyl halides is 1. The van der Waals surface area contributed by atoms with E-state index in [4.69, 9.17) is 4.74 Å². The topological polar surface area (TPSA) is 93.6 Å². The predicted octanol–water partition coefficient (Wildman–Crippen LogP) is 5.42. The summed E-state index contributed by atoms with van der Waals surface area (Å²) in [7, 11) is 0. The maximum absolute atomic E-state index is 15.1. The maximum Gasteiger partial charge on any atom is 0.253 e. The van der Waals surface area contributed by atoms with Crippen LogP contribution < -0.4 is 9.80 Å². The van der Waals surface area contributed by atoms with E-state index in [2.05, 4.69) is 47.8 Å². The Balaban J connectivity index is 1.59. The first-order valence-electron chi connectivity index (χ1n) is 17.6. The third-order valence-electron chi connectivity index (χ3n) is 10.8. The molecule has 8 atom stereocenters.